The number of hydrogen-bond donors (Lipinski definition) is 1. The zero-order valence-electron chi connectivity index (χ0n) is 9.42. The van der Waals surface area contributed by atoms with E-state index >= 15 is 0 Å². The van der Waals surface area contributed by atoms with Crippen molar-refractivity contribution in [1.29, 1.82) is 0 Å². The molecule has 1 aromatic carbocycles. The number of hydrogen-bond acceptors (Lipinski definition) is 4. The van der Waals surface area contributed by atoms with Crippen LogP contribution in [0.25, 0.3) is 5.65 Å². The van der Waals surface area contributed by atoms with Gasteiger partial charge in [0.2, 0.25) is 5.65 Å². The van der Waals surface area contributed by atoms with E-state index in [1.54, 1.807) is 35.3 Å². The predicted molar refractivity (Wildman–Crippen MR) is 64.5 cm³/mol. The highest BCUT2D eigenvalue weighted by Crippen LogP contribution is 2.11. The monoisotopic (exact) mass is 243 g/mol. The Morgan fingerprint density at radius 2 is 2.06 bits per heavy atom. The summed E-state index contributed by atoms with van der Waals surface area (Å²) in [6.45, 7) is 0.555. The summed E-state index contributed by atoms with van der Waals surface area (Å²) in [7, 11) is 0. The number of rotatable bonds is 3. The van der Waals surface area contributed by atoms with E-state index in [1.807, 2.05) is 0 Å². The topological polar surface area (TPSA) is 55.1 Å². The van der Waals surface area contributed by atoms with Gasteiger partial charge in [-0.3, -0.25) is 4.40 Å². The molecule has 0 fully saturated rings. The maximum Gasteiger partial charge on any atom is 0.203 e. The van der Waals surface area contributed by atoms with Crippen LogP contribution in [-0.2, 0) is 6.54 Å². The summed E-state index contributed by atoms with van der Waals surface area (Å²) in [4.78, 5) is 4.20. The molecular formula is C12H10FN5. The van der Waals surface area contributed by atoms with Gasteiger partial charge >= 0.3 is 0 Å². The molecule has 0 saturated carbocycles. The maximum absolute atomic E-state index is 12.8. The van der Waals surface area contributed by atoms with E-state index in [-0.39, 0.29) is 5.82 Å². The Hall–Kier alpha value is -2.50. The lowest BCUT2D eigenvalue weighted by atomic mass is 10.2. The molecule has 2 heterocycles. The second-order valence-electron chi connectivity index (χ2n) is 3.82. The molecule has 0 aliphatic rings. The Labute approximate surface area is 102 Å². The Balaban J connectivity index is 1.80. The van der Waals surface area contributed by atoms with Crippen molar-refractivity contribution >= 4 is 11.5 Å². The van der Waals surface area contributed by atoms with Crippen LogP contribution in [0.1, 0.15) is 5.56 Å². The number of fused-ring (bicyclic) bond motifs is 1. The lowest BCUT2D eigenvalue weighted by Gasteiger charge is -2.06. The van der Waals surface area contributed by atoms with Gasteiger partial charge in [0.25, 0.3) is 0 Å². The molecule has 0 radical (unpaired) electrons. The number of nitrogens with zero attached hydrogens (tertiary/aromatic N) is 4. The van der Waals surface area contributed by atoms with Gasteiger partial charge in [-0.15, -0.1) is 10.2 Å². The van der Waals surface area contributed by atoms with Crippen molar-refractivity contribution in [2.75, 3.05) is 5.32 Å². The van der Waals surface area contributed by atoms with Crippen LogP contribution in [0, 0.1) is 5.82 Å². The molecule has 1 N–H and O–H groups in total. The van der Waals surface area contributed by atoms with E-state index in [2.05, 4.69) is 20.5 Å². The van der Waals surface area contributed by atoms with E-state index in [4.69, 9.17) is 0 Å². The average Bonchev–Trinajstić information content (AvgIpc) is 2.87. The van der Waals surface area contributed by atoms with Crippen molar-refractivity contribution in [3.05, 3.63) is 54.4 Å². The van der Waals surface area contributed by atoms with Crippen LogP contribution in [0.3, 0.4) is 0 Å². The second kappa shape index (κ2) is 4.40. The molecule has 3 rings (SSSR count). The average molecular weight is 243 g/mol. The molecule has 0 aliphatic carbocycles. The normalized spacial score (nSPS) is 10.7. The second-order valence-corrected chi connectivity index (χ2v) is 3.82. The molecule has 0 bridgehead atoms. The lowest BCUT2D eigenvalue weighted by molar-refractivity contribution is 0.627. The number of anilines is 1. The Morgan fingerprint density at radius 1 is 1.22 bits per heavy atom. The first-order chi connectivity index (χ1) is 8.83. The fourth-order valence-electron chi connectivity index (χ4n) is 1.67. The van der Waals surface area contributed by atoms with Gasteiger partial charge in [0, 0.05) is 18.9 Å². The van der Waals surface area contributed by atoms with Gasteiger partial charge < -0.3 is 5.32 Å². The van der Waals surface area contributed by atoms with Crippen molar-refractivity contribution in [3.63, 3.8) is 0 Å². The van der Waals surface area contributed by atoms with Crippen molar-refractivity contribution in [2.24, 2.45) is 0 Å². The van der Waals surface area contributed by atoms with Crippen LogP contribution >= 0.6 is 0 Å². The number of benzene rings is 1. The van der Waals surface area contributed by atoms with Crippen molar-refractivity contribution in [1.82, 2.24) is 19.6 Å². The van der Waals surface area contributed by atoms with Gasteiger partial charge in [-0.25, -0.2) is 9.37 Å². The minimum Gasteiger partial charge on any atom is -0.363 e. The van der Waals surface area contributed by atoms with Crippen LogP contribution in [-0.4, -0.2) is 19.6 Å². The third-order valence-corrected chi connectivity index (χ3v) is 2.59. The van der Waals surface area contributed by atoms with Gasteiger partial charge in [0.15, 0.2) is 5.82 Å². The van der Waals surface area contributed by atoms with E-state index in [1.165, 1.54) is 12.1 Å². The number of halogens is 1. The Morgan fingerprint density at radius 3 is 2.89 bits per heavy atom. The van der Waals surface area contributed by atoms with Crippen LogP contribution in [0.15, 0.2) is 43.0 Å². The van der Waals surface area contributed by atoms with Gasteiger partial charge in [-0.2, -0.15) is 0 Å². The highest BCUT2D eigenvalue weighted by molar-refractivity contribution is 5.61. The van der Waals surface area contributed by atoms with Crippen LogP contribution in [0.2, 0.25) is 0 Å². The largest absolute Gasteiger partial charge is 0.363 e. The van der Waals surface area contributed by atoms with Gasteiger partial charge in [0.05, 0.1) is 0 Å². The number of aromatic nitrogens is 4. The molecule has 90 valence electrons. The van der Waals surface area contributed by atoms with Crippen LogP contribution < -0.4 is 5.32 Å². The summed E-state index contributed by atoms with van der Waals surface area (Å²) in [5.74, 6) is 0.413. The predicted octanol–water partition coefficient (Wildman–Crippen LogP) is 1.88. The third-order valence-electron chi connectivity index (χ3n) is 2.59. The van der Waals surface area contributed by atoms with Crippen molar-refractivity contribution in [2.45, 2.75) is 6.54 Å². The SMILES string of the molecule is Fc1ccc(CNc2nccn3cnnc23)cc1. The van der Waals surface area contributed by atoms with Gasteiger partial charge in [0.1, 0.15) is 12.1 Å². The van der Waals surface area contributed by atoms with Crippen LogP contribution in [0.5, 0.6) is 0 Å². The van der Waals surface area contributed by atoms with E-state index in [0.29, 0.717) is 18.0 Å². The van der Waals surface area contributed by atoms with Crippen molar-refractivity contribution in [3.8, 4) is 0 Å². The molecule has 0 amide bonds. The van der Waals surface area contributed by atoms with Gasteiger partial charge in [-0.05, 0) is 17.7 Å². The summed E-state index contributed by atoms with van der Waals surface area (Å²) < 4.78 is 14.5. The molecule has 0 unspecified atom stereocenters. The highest BCUT2D eigenvalue weighted by atomic mass is 19.1. The van der Waals surface area contributed by atoms with E-state index in [9.17, 15) is 4.39 Å². The zero-order chi connectivity index (χ0) is 12.4. The Bertz CT molecular complexity index is 662. The minimum absolute atomic E-state index is 0.239. The molecule has 0 aliphatic heterocycles. The molecule has 3 aromatic rings. The number of nitrogens with one attached hydrogen (secondary N) is 1. The summed E-state index contributed by atoms with van der Waals surface area (Å²) in [6, 6.07) is 6.32. The smallest absolute Gasteiger partial charge is 0.203 e. The first kappa shape index (κ1) is 10.6. The van der Waals surface area contributed by atoms with E-state index < -0.39 is 0 Å². The van der Waals surface area contributed by atoms with E-state index in [0.717, 1.165) is 5.56 Å². The molecule has 18 heavy (non-hydrogen) atoms. The summed E-state index contributed by atoms with van der Waals surface area (Å²) in [5, 5.41) is 10.9. The molecule has 0 saturated heterocycles. The first-order valence-corrected chi connectivity index (χ1v) is 5.45. The highest BCUT2D eigenvalue weighted by Gasteiger charge is 2.04. The lowest BCUT2D eigenvalue weighted by Crippen LogP contribution is -2.03. The summed E-state index contributed by atoms with van der Waals surface area (Å²) >= 11 is 0. The fraction of sp³-hybridized carbons (Fsp3) is 0.0833. The van der Waals surface area contributed by atoms with Crippen LogP contribution in [0.4, 0.5) is 10.2 Å². The molecule has 0 atom stereocenters. The molecule has 5 nitrogen and oxygen atoms in total. The first-order valence-electron chi connectivity index (χ1n) is 5.45. The maximum atomic E-state index is 12.8. The molecule has 6 heteroatoms. The summed E-state index contributed by atoms with van der Waals surface area (Å²) in [6.07, 6.45) is 5.06. The summed E-state index contributed by atoms with van der Waals surface area (Å²) in [5.41, 5.74) is 1.64. The van der Waals surface area contributed by atoms with Gasteiger partial charge in [-0.1, -0.05) is 12.1 Å². The minimum atomic E-state index is -0.239. The fourth-order valence-corrected chi connectivity index (χ4v) is 1.67. The quantitative estimate of drug-likeness (QED) is 0.763. The standard InChI is InChI=1S/C12H10FN5/c13-10-3-1-9(2-4-10)7-15-11-12-17-16-8-18(12)6-5-14-11/h1-6,8H,7H2,(H,14,15). The Kier molecular flexibility index (Phi) is 2.60. The molecule has 0 spiro atoms. The zero-order valence-corrected chi connectivity index (χ0v) is 9.42. The molecular weight excluding hydrogens is 233 g/mol. The third kappa shape index (κ3) is 2.00. The van der Waals surface area contributed by atoms with Crippen molar-refractivity contribution < 1.29 is 4.39 Å². The molecule has 2 aromatic heterocycles.